The lowest BCUT2D eigenvalue weighted by Gasteiger charge is -2.21. The van der Waals surface area contributed by atoms with Gasteiger partial charge in [0, 0.05) is 25.9 Å². The summed E-state index contributed by atoms with van der Waals surface area (Å²) in [6, 6.07) is 7.95. The highest BCUT2D eigenvalue weighted by Crippen LogP contribution is 2.12. The lowest BCUT2D eigenvalue weighted by atomic mass is 10.2. The van der Waals surface area contributed by atoms with Gasteiger partial charge < -0.3 is 9.88 Å². The van der Waals surface area contributed by atoms with Gasteiger partial charge in [0.1, 0.15) is 5.82 Å². The van der Waals surface area contributed by atoms with E-state index < -0.39 is 0 Å². The second kappa shape index (κ2) is 7.08. The molecule has 0 aliphatic rings. The maximum Gasteiger partial charge on any atom is 0.223 e. The normalized spacial score (nSPS) is 10.9. The second-order valence-electron chi connectivity index (χ2n) is 5.08. The minimum Gasteiger partial charge on any atom is -0.343 e. The molecule has 1 aromatic carbocycles. The molecule has 1 heterocycles. The van der Waals surface area contributed by atoms with Gasteiger partial charge in [0.15, 0.2) is 0 Å². The summed E-state index contributed by atoms with van der Waals surface area (Å²) in [7, 11) is 0. The van der Waals surface area contributed by atoms with Gasteiger partial charge in [-0.15, -0.1) is 0 Å². The molecule has 0 aliphatic carbocycles. The van der Waals surface area contributed by atoms with Crippen LogP contribution in [0.25, 0.3) is 11.0 Å². The highest BCUT2D eigenvalue weighted by molar-refractivity contribution is 5.77. The molecule has 1 aromatic heterocycles. The van der Waals surface area contributed by atoms with Gasteiger partial charge in [-0.3, -0.25) is 4.79 Å². The number of nitrogens with zero attached hydrogens (tertiary/aromatic N) is 2. The Bertz CT molecular complexity index is 523. The smallest absolute Gasteiger partial charge is 0.223 e. The van der Waals surface area contributed by atoms with E-state index in [9.17, 15) is 4.79 Å². The minimum atomic E-state index is 0.231. The second-order valence-corrected chi connectivity index (χ2v) is 5.08. The molecule has 108 valence electrons. The maximum atomic E-state index is 12.2. The number of nitrogens with one attached hydrogen (secondary N) is 1. The van der Waals surface area contributed by atoms with Crippen LogP contribution in [0.15, 0.2) is 24.3 Å². The molecular weight excluding hydrogens is 250 g/mol. The number of carbonyl (C=O) groups is 1. The topological polar surface area (TPSA) is 49.0 Å². The van der Waals surface area contributed by atoms with Gasteiger partial charge >= 0.3 is 0 Å². The molecule has 0 saturated carbocycles. The number of benzene rings is 1. The van der Waals surface area contributed by atoms with E-state index in [4.69, 9.17) is 0 Å². The number of fused-ring (bicyclic) bond motifs is 1. The summed E-state index contributed by atoms with van der Waals surface area (Å²) in [5, 5.41) is 0. The monoisotopic (exact) mass is 273 g/mol. The van der Waals surface area contributed by atoms with Crippen molar-refractivity contribution in [1.29, 1.82) is 0 Å². The van der Waals surface area contributed by atoms with Crippen LogP contribution in [0.1, 0.15) is 38.9 Å². The molecule has 1 N–H and O–H groups in total. The van der Waals surface area contributed by atoms with Crippen LogP contribution in [0.2, 0.25) is 0 Å². The summed E-state index contributed by atoms with van der Waals surface area (Å²) in [5.74, 6) is 1.13. The molecule has 0 aliphatic heterocycles. The summed E-state index contributed by atoms with van der Waals surface area (Å²) in [5.41, 5.74) is 2.00. The SMILES string of the molecule is CCCN(CCC)C(=O)CCc1nc2ccccc2[nH]1. The minimum absolute atomic E-state index is 0.231. The Kier molecular flexibility index (Phi) is 5.16. The van der Waals surface area contributed by atoms with Gasteiger partial charge in [0.05, 0.1) is 11.0 Å². The van der Waals surface area contributed by atoms with E-state index in [0.717, 1.165) is 42.8 Å². The fourth-order valence-corrected chi connectivity index (χ4v) is 2.41. The number of imidazole rings is 1. The Morgan fingerprint density at radius 2 is 1.90 bits per heavy atom. The van der Waals surface area contributed by atoms with Crippen LogP contribution in [-0.4, -0.2) is 33.9 Å². The molecular formula is C16H23N3O. The number of hydrogen-bond donors (Lipinski definition) is 1. The van der Waals surface area contributed by atoms with Gasteiger partial charge in [-0.25, -0.2) is 4.98 Å². The van der Waals surface area contributed by atoms with Crippen molar-refractivity contribution in [2.45, 2.75) is 39.5 Å². The third kappa shape index (κ3) is 3.59. The molecule has 0 spiro atoms. The van der Waals surface area contributed by atoms with E-state index in [2.05, 4.69) is 23.8 Å². The molecule has 0 radical (unpaired) electrons. The summed E-state index contributed by atoms with van der Waals surface area (Å²) in [4.78, 5) is 21.9. The molecule has 0 fully saturated rings. The average Bonchev–Trinajstić information content (AvgIpc) is 2.87. The third-order valence-corrected chi connectivity index (χ3v) is 3.35. The summed E-state index contributed by atoms with van der Waals surface area (Å²) in [6.45, 7) is 5.92. The number of rotatable bonds is 7. The number of H-pyrrole nitrogens is 1. The first-order valence-corrected chi connectivity index (χ1v) is 7.46. The van der Waals surface area contributed by atoms with Gasteiger partial charge in [-0.1, -0.05) is 26.0 Å². The van der Waals surface area contributed by atoms with Crippen molar-refractivity contribution in [2.75, 3.05) is 13.1 Å². The highest BCUT2D eigenvalue weighted by atomic mass is 16.2. The first-order valence-electron chi connectivity index (χ1n) is 7.46. The third-order valence-electron chi connectivity index (χ3n) is 3.35. The van der Waals surface area contributed by atoms with Crippen molar-refractivity contribution in [1.82, 2.24) is 14.9 Å². The molecule has 2 aromatic rings. The van der Waals surface area contributed by atoms with Crippen molar-refractivity contribution < 1.29 is 4.79 Å². The Morgan fingerprint density at radius 1 is 1.20 bits per heavy atom. The van der Waals surface area contributed by atoms with Crippen molar-refractivity contribution in [3.05, 3.63) is 30.1 Å². The van der Waals surface area contributed by atoms with E-state index in [-0.39, 0.29) is 5.91 Å². The van der Waals surface area contributed by atoms with Gasteiger partial charge in [0.2, 0.25) is 5.91 Å². The molecule has 20 heavy (non-hydrogen) atoms. The summed E-state index contributed by atoms with van der Waals surface area (Å²) < 4.78 is 0. The van der Waals surface area contributed by atoms with E-state index in [0.29, 0.717) is 12.8 Å². The predicted octanol–water partition coefficient (Wildman–Crippen LogP) is 3.14. The largest absolute Gasteiger partial charge is 0.343 e. The number of aromatic nitrogens is 2. The van der Waals surface area contributed by atoms with Crippen LogP contribution in [0.3, 0.4) is 0 Å². The molecule has 4 nitrogen and oxygen atoms in total. The van der Waals surface area contributed by atoms with Crippen LogP contribution >= 0.6 is 0 Å². The van der Waals surface area contributed by atoms with E-state index in [1.165, 1.54) is 0 Å². The highest BCUT2D eigenvalue weighted by Gasteiger charge is 2.12. The maximum absolute atomic E-state index is 12.2. The van der Waals surface area contributed by atoms with Crippen LogP contribution in [0.4, 0.5) is 0 Å². The van der Waals surface area contributed by atoms with Gasteiger partial charge in [-0.2, -0.15) is 0 Å². The zero-order valence-corrected chi connectivity index (χ0v) is 12.4. The van der Waals surface area contributed by atoms with Crippen LogP contribution in [0, 0.1) is 0 Å². The molecule has 0 saturated heterocycles. The zero-order chi connectivity index (χ0) is 14.4. The number of amides is 1. The molecule has 4 heteroatoms. The Morgan fingerprint density at radius 3 is 2.55 bits per heavy atom. The fraction of sp³-hybridized carbons (Fsp3) is 0.500. The molecule has 2 rings (SSSR count). The molecule has 0 atom stereocenters. The van der Waals surface area contributed by atoms with Gasteiger partial charge in [-0.05, 0) is 25.0 Å². The van der Waals surface area contributed by atoms with E-state index >= 15 is 0 Å². The number of aromatic amines is 1. The molecule has 0 unspecified atom stereocenters. The predicted molar refractivity (Wildman–Crippen MR) is 81.6 cm³/mol. The Labute approximate surface area is 120 Å². The van der Waals surface area contributed by atoms with Crippen LogP contribution in [-0.2, 0) is 11.2 Å². The number of carbonyl (C=O) groups excluding carboxylic acids is 1. The van der Waals surface area contributed by atoms with Crippen LogP contribution < -0.4 is 0 Å². The average molecular weight is 273 g/mol. The number of aryl methyl sites for hydroxylation is 1. The lowest BCUT2D eigenvalue weighted by molar-refractivity contribution is -0.131. The standard InChI is InChI=1S/C16H23N3O/c1-3-11-19(12-4-2)16(20)10-9-15-17-13-7-5-6-8-14(13)18-15/h5-8H,3-4,9-12H2,1-2H3,(H,17,18). The van der Waals surface area contributed by atoms with Gasteiger partial charge in [0.25, 0.3) is 0 Å². The van der Waals surface area contributed by atoms with Crippen molar-refractivity contribution in [3.8, 4) is 0 Å². The quantitative estimate of drug-likeness (QED) is 0.842. The lowest BCUT2D eigenvalue weighted by Crippen LogP contribution is -2.32. The number of para-hydroxylation sites is 2. The zero-order valence-electron chi connectivity index (χ0n) is 12.4. The van der Waals surface area contributed by atoms with Crippen LogP contribution in [0.5, 0.6) is 0 Å². The van der Waals surface area contributed by atoms with E-state index in [1.807, 2.05) is 29.2 Å². The van der Waals surface area contributed by atoms with E-state index in [1.54, 1.807) is 0 Å². The Hall–Kier alpha value is -1.84. The first-order chi connectivity index (χ1) is 9.74. The summed E-state index contributed by atoms with van der Waals surface area (Å²) in [6.07, 6.45) is 3.23. The van der Waals surface area contributed by atoms with Crippen molar-refractivity contribution in [3.63, 3.8) is 0 Å². The molecule has 0 bridgehead atoms. The fourth-order valence-electron chi connectivity index (χ4n) is 2.41. The number of hydrogen-bond acceptors (Lipinski definition) is 2. The first kappa shape index (κ1) is 14.6. The van der Waals surface area contributed by atoms with Crippen molar-refractivity contribution >= 4 is 16.9 Å². The van der Waals surface area contributed by atoms with Crippen molar-refractivity contribution in [2.24, 2.45) is 0 Å². The Balaban J connectivity index is 1.94. The summed E-state index contributed by atoms with van der Waals surface area (Å²) >= 11 is 0. The molecule has 1 amide bonds.